The highest BCUT2D eigenvalue weighted by Gasteiger charge is 2.66. The molecule has 3 rings (SSSR count). The Balaban J connectivity index is 2.38. The summed E-state index contributed by atoms with van der Waals surface area (Å²) in [6.45, 7) is 15.7. The molecule has 0 spiro atoms. The standard InChI is InChI=1S/C35H44O11/c1-19-15-16-34(8,9)31(40)27(42-22(4)36)17-20(2)29(43-23(5)37)28-30(45-33(41)26-13-11-10-12-14-26)21(3)18-35(28,46-25(7)39)32(19)44-24(6)38/h10-16,19,21,27-30,32H,2,17-18H2,1,3-9H3/b16-15-/t19-,21+,27?,28-,29-,30-,32+,35+/m0/s1. The van der Waals surface area contributed by atoms with E-state index in [9.17, 15) is 28.8 Å². The van der Waals surface area contributed by atoms with Crippen molar-refractivity contribution >= 4 is 35.6 Å². The highest BCUT2D eigenvalue weighted by atomic mass is 16.6. The van der Waals surface area contributed by atoms with Gasteiger partial charge in [-0.3, -0.25) is 24.0 Å². The number of fused-ring (bicyclic) bond motifs is 1. The average Bonchev–Trinajstić information content (AvgIpc) is 3.21. The van der Waals surface area contributed by atoms with Crippen molar-refractivity contribution in [1.29, 1.82) is 0 Å². The zero-order valence-electron chi connectivity index (χ0n) is 27.7. The van der Waals surface area contributed by atoms with Crippen LogP contribution in [-0.4, -0.2) is 65.6 Å². The summed E-state index contributed by atoms with van der Waals surface area (Å²) in [5.41, 5.74) is -2.49. The summed E-state index contributed by atoms with van der Waals surface area (Å²) in [7, 11) is 0. The van der Waals surface area contributed by atoms with Crippen LogP contribution < -0.4 is 0 Å². The molecule has 1 unspecified atom stereocenters. The van der Waals surface area contributed by atoms with E-state index in [1.807, 2.05) is 0 Å². The van der Waals surface area contributed by atoms with Crippen molar-refractivity contribution in [3.05, 3.63) is 60.2 Å². The van der Waals surface area contributed by atoms with Crippen molar-refractivity contribution in [2.75, 3.05) is 0 Å². The number of benzene rings is 1. The van der Waals surface area contributed by atoms with E-state index in [4.69, 9.17) is 23.7 Å². The number of carbonyl (C=O) groups is 6. The molecule has 0 saturated heterocycles. The highest BCUT2D eigenvalue weighted by Crippen LogP contribution is 2.53. The summed E-state index contributed by atoms with van der Waals surface area (Å²) in [4.78, 5) is 77.7. The molecule has 46 heavy (non-hydrogen) atoms. The molecule has 250 valence electrons. The molecule has 0 radical (unpaired) electrons. The molecule has 2 aliphatic rings. The quantitative estimate of drug-likeness (QED) is 0.242. The molecule has 0 amide bonds. The monoisotopic (exact) mass is 640 g/mol. The fourth-order valence-corrected chi connectivity index (χ4v) is 6.67. The van der Waals surface area contributed by atoms with Gasteiger partial charge in [-0.05, 0) is 43.9 Å². The maximum absolute atomic E-state index is 13.8. The van der Waals surface area contributed by atoms with Crippen LogP contribution in [0.25, 0.3) is 0 Å². The number of rotatable bonds is 6. The van der Waals surface area contributed by atoms with Crippen LogP contribution in [-0.2, 0) is 47.7 Å². The first-order valence-corrected chi connectivity index (χ1v) is 15.3. The van der Waals surface area contributed by atoms with Gasteiger partial charge in [-0.15, -0.1) is 0 Å². The number of carbonyl (C=O) groups excluding carboxylic acids is 6. The van der Waals surface area contributed by atoms with Crippen LogP contribution in [0.15, 0.2) is 54.6 Å². The van der Waals surface area contributed by atoms with E-state index < -0.39 is 88.8 Å². The van der Waals surface area contributed by atoms with Crippen LogP contribution in [0.5, 0.6) is 0 Å². The lowest BCUT2D eigenvalue weighted by molar-refractivity contribution is -0.209. The van der Waals surface area contributed by atoms with Gasteiger partial charge in [0.25, 0.3) is 0 Å². The van der Waals surface area contributed by atoms with Gasteiger partial charge in [0.2, 0.25) is 0 Å². The first-order chi connectivity index (χ1) is 21.4. The van der Waals surface area contributed by atoms with E-state index in [0.29, 0.717) is 0 Å². The number of ether oxygens (including phenoxy) is 5. The van der Waals surface area contributed by atoms with E-state index in [2.05, 4.69) is 6.58 Å². The minimum Gasteiger partial charge on any atom is -0.458 e. The molecule has 0 heterocycles. The largest absolute Gasteiger partial charge is 0.458 e. The first kappa shape index (κ1) is 36.2. The molecule has 1 aromatic rings. The summed E-state index contributed by atoms with van der Waals surface area (Å²) >= 11 is 0. The topological polar surface area (TPSA) is 149 Å². The number of ketones is 1. The number of esters is 5. The van der Waals surface area contributed by atoms with Crippen LogP contribution in [0, 0.1) is 23.2 Å². The number of allylic oxidation sites excluding steroid dienone is 1. The third kappa shape index (κ3) is 8.10. The molecule has 0 bridgehead atoms. The predicted molar refractivity (Wildman–Crippen MR) is 165 cm³/mol. The Hall–Kier alpha value is -4.28. The molecule has 8 atom stereocenters. The van der Waals surface area contributed by atoms with Crippen LogP contribution in [0.2, 0.25) is 0 Å². The Morgan fingerprint density at radius 3 is 1.96 bits per heavy atom. The molecule has 11 heteroatoms. The molecule has 11 nitrogen and oxygen atoms in total. The van der Waals surface area contributed by atoms with E-state index >= 15 is 0 Å². The third-order valence-corrected chi connectivity index (χ3v) is 8.48. The molecule has 0 aromatic heterocycles. The maximum Gasteiger partial charge on any atom is 0.338 e. The normalized spacial score (nSPS) is 31.6. The van der Waals surface area contributed by atoms with E-state index in [0.717, 1.165) is 0 Å². The van der Waals surface area contributed by atoms with Crippen LogP contribution >= 0.6 is 0 Å². The Kier molecular flexibility index (Phi) is 11.4. The van der Waals surface area contributed by atoms with Crippen molar-refractivity contribution < 1.29 is 52.5 Å². The minimum absolute atomic E-state index is 0.0425. The van der Waals surface area contributed by atoms with Crippen LogP contribution in [0.4, 0.5) is 0 Å². The molecular weight excluding hydrogens is 596 g/mol. The van der Waals surface area contributed by atoms with E-state index in [-0.39, 0.29) is 24.0 Å². The van der Waals surface area contributed by atoms with Crippen molar-refractivity contribution in [2.24, 2.45) is 23.2 Å². The number of hydrogen-bond acceptors (Lipinski definition) is 11. The number of hydrogen-bond donors (Lipinski definition) is 0. The minimum atomic E-state index is -1.71. The smallest absolute Gasteiger partial charge is 0.338 e. The van der Waals surface area contributed by atoms with Gasteiger partial charge in [0, 0.05) is 45.4 Å². The van der Waals surface area contributed by atoms with E-state index in [1.165, 1.54) is 27.7 Å². The van der Waals surface area contributed by atoms with Crippen LogP contribution in [0.1, 0.15) is 78.6 Å². The lowest BCUT2D eigenvalue weighted by Crippen LogP contribution is -2.59. The number of Topliss-reactive ketones (excluding diaryl/α,β-unsaturated/α-hetero) is 1. The average molecular weight is 641 g/mol. The zero-order chi connectivity index (χ0) is 34.6. The molecule has 2 aliphatic carbocycles. The summed E-state index contributed by atoms with van der Waals surface area (Å²) in [6.07, 6.45) is -1.83. The van der Waals surface area contributed by atoms with Gasteiger partial charge in [-0.2, -0.15) is 0 Å². The first-order valence-electron chi connectivity index (χ1n) is 15.3. The van der Waals surface area contributed by atoms with Crippen molar-refractivity contribution in [3.8, 4) is 0 Å². The maximum atomic E-state index is 13.8. The summed E-state index contributed by atoms with van der Waals surface area (Å²) in [6, 6.07) is 8.26. The lowest BCUT2D eigenvalue weighted by atomic mass is 9.72. The van der Waals surface area contributed by atoms with Crippen molar-refractivity contribution in [2.45, 2.75) is 98.2 Å². The SMILES string of the molecule is C=C1CC(OC(C)=O)C(=O)C(C)(C)/C=C\[C@H](C)[C@@H](OC(C)=O)[C@@]2(OC(C)=O)C[C@@H](C)[C@H](OC(=O)c3ccccc3)[C@@H]2[C@H]1OC(C)=O. The lowest BCUT2D eigenvalue weighted by Gasteiger charge is -2.46. The fourth-order valence-electron chi connectivity index (χ4n) is 6.67. The van der Waals surface area contributed by atoms with Crippen molar-refractivity contribution in [3.63, 3.8) is 0 Å². The van der Waals surface area contributed by atoms with Gasteiger partial charge in [0.05, 0.1) is 11.5 Å². The van der Waals surface area contributed by atoms with Crippen molar-refractivity contribution in [1.82, 2.24) is 0 Å². The third-order valence-electron chi connectivity index (χ3n) is 8.48. The van der Waals surface area contributed by atoms with Gasteiger partial charge < -0.3 is 23.7 Å². The summed E-state index contributed by atoms with van der Waals surface area (Å²) in [5, 5.41) is 0. The summed E-state index contributed by atoms with van der Waals surface area (Å²) < 4.78 is 29.6. The predicted octanol–water partition coefficient (Wildman–Crippen LogP) is 4.71. The Labute approximate surface area is 269 Å². The summed E-state index contributed by atoms with van der Waals surface area (Å²) in [5.74, 6) is -6.34. The molecule has 1 saturated carbocycles. The molecule has 0 N–H and O–H groups in total. The van der Waals surface area contributed by atoms with E-state index in [1.54, 1.807) is 70.2 Å². The van der Waals surface area contributed by atoms with Gasteiger partial charge >= 0.3 is 29.8 Å². The fraction of sp³-hybridized carbons (Fsp3) is 0.543. The molecule has 1 aromatic carbocycles. The molecular formula is C35H44O11. The van der Waals surface area contributed by atoms with Gasteiger partial charge in [-0.25, -0.2) is 4.79 Å². The highest BCUT2D eigenvalue weighted by molar-refractivity contribution is 5.92. The van der Waals surface area contributed by atoms with Gasteiger partial charge in [0.15, 0.2) is 17.5 Å². The second-order valence-electron chi connectivity index (χ2n) is 12.8. The Morgan fingerprint density at radius 1 is 0.826 bits per heavy atom. The molecule has 1 fully saturated rings. The molecule has 0 aliphatic heterocycles. The van der Waals surface area contributed by atoms with Crippen LogP contribution in [0.3, 0.4) is 0 Å². The second kappa shape index (κ2) is 14.4. The second-order valence-corrected chi connectivity index (χ2v) is 12.8. The Morgan fingerprint density at radius 2 is 1.41 bits per heavy atom. The van der Waals surface area contributed by atoms with Gasteiger partial charge in [0.1, 0.15) is 18.3 Å². The Bertz CT molecular complexity index is 1390. The zero-order valence-corrected chi connectivity index (χ0v) is 27.7. The van der Waals surface area contributed by atoms with Gasteiger partial charge in [-0.1, -0.05) is 50.8 Å².